The minimum absolute atomic E-state index is 0.0725. The average molecular weight is 654 g/mol. The second-order valence-electron chi connectivity index (χ2n) is 10.4. The van der Waals surface area contributed by atoms with E-state index in [0.29, 0.717) is 35.1 Å². The monoisotopic (exact) mass is 653 g/mol. The fraction of sp³-hybridized carbons (Fsp3) is 0.276. The number of anilines is 1. The van der Waals surface area contributed by atoms with Crippen LogP contribution in [0.3, 0.4) is 0 Å². The number of sulfonamides is 1. The smallest absolute Gasteiger partial charge is 0.270 e. The Bertz CT molecular complexity index is 1990. The van der Waals surface area contributed by atoms with Gasteiger partial charge in [-0.1, -0.05) is 5.21 Å². The van der Waals surface area contributed by atoms with Crippen LogP contribution in [0.2, 0.25) is 0 Å². The van der Waals surface area contributed by atoms with Crippen LogP contribution in [0.5, 0.6) is 5.88 Å². The Hall–Kier alpha value is -5.00. The van der Waals surface area contributed by atoms with Crippen molar-refractivity contribution in [3.8, 4) is 17.0 Å². The zero-order valence-corrected chi connectivity index (χ0v) is 25.4. The number of halogens is 2. The van der Waals surface area contributed by atoms with Gasteiger partial charge in [-0.25, -0.2) is 27.2 Å². The molecule has 0 radical (unpaired) electrons. The second-order valence-corrected chi connectivity index (χ2v) is 12.0. The summed E-state index contributed by atoms with van der Waals surface area (Å²) in [7, 11) is -3.17. The largest absolute Gasteiger partial charge is 0.480 e. The summed E-state index contributed by atoms with van der Waals surface area (Å²) < 4.78 is 69.7. The Morgan fingerprint density at radius 1 is 1.02 bits per heavy atom. The van der Waals surface area contributed by atoms with Gasteiger partial charge >= 0.3 is 0 Å². The van der Waals surface area contributed by atoms with Crippen molar-refractivity contribution >= 4 is 27.3 Å². The third-order valence-electron chi connectivity index (χ3n) is 7.31. The van der Waals surface area contributed by atoms with Gasteiger partial charge < -0.3 is 14.8 Å². The number of amides is 1. The van der Waals surface area contributed by atoms with Crippen molar-refractivity contribution in [2.45, 2.75) is 18.0 Å². The fourth-order valence-electron chi connectivity index (χ4n) is 4.92. The summed E-state index contributed by atoms with van der Waals surface area (Å²) in [6.45, 7) is 4.86. The van der Waals surface area contributed by atoms with Gasteiger partial charge in [0.1, 0.15) is 39.3 Å². The number of hydrogen-bond donors (Lipinski definition) is 2. The van der Waals surface area contributed by atoms with Crippen molar-refractivity contribution in [3.63, 3.8) is 0 Å². The van der Waals surface area contributed by atoms with Crippen molar-refractivity contribution in [2.24, 2.45) is 0 Å². The molecule has 0 aliphatic carbocycles. The number of ether oxygens (including phenoxy) is 2. The number of carbonyl (C=O) groups is 1. The Morgan fingerprint density at radius 3 is 2.63 bits per heavy atom. The van der Waals surface area contributed by atoms with Gasteiger partial charge in [-0.2, -0.15) is 0 Å². The van der Waals surface area contributed by atoms with E-state index in [-0.39, 0.29) is 23.8 Å². The fourth-order valence-corrected chi connectivity index (χ4v) is 6.03. The number of fused-ring (bicyclic) bond motifs is 1. The summed E-state index contributed by atoms with van der Waals surface area (Å²) >= 11 is 0. The summed E-state index contributed by atoms with van der Waals surface area (Å²) in [5, 5.41) is 11.1. The number of rotatable bonds is 11. The number of imidazole rings is 1. The molecule has 14 nitrogen and oxygen atoms in total. The first-order valence-electron chi connectivity index (χ1n) is 14.2. The van der Waals surface area contributed by atoms with Crippen molar-refractivity contribution < 1.29 is 31.5 Å². The van der Waals surface area contributed by atoms with Crippen molar-refractivity contribution in [2.75, 3.05) is 44.7 Å². The lowest BCUT2D eigenvalue weighted by Crippen LogP contribution is -2.38. The molecule has 17 heteroatoms. The summed E-state index contributed by atoms with van der Waals surface area (Å²) in [6, 6.07) is 7.01. The average Bonchev–Trinajstić information content (AvgIpc) is 3.69. The van der Waals surface area contributed by atoms with Crippen molar-refractivity contribution in [1.82, 2.24) is 39.6 Å². The van der Waals surface area contributed by atoms with Gasteiger partial charge in [0, 0.05) is 49.2 Å². The number of pyridine rings is 2. The van der Waals surface area contributed by atoms with Crippen LogP contribution in [0.15, 0.2) is 66.1 Å². The molecule has 5 heterocycles. The van der Waals surface area contributed by atoms with Crippen LogP contribution in [0.4, 0.5) is 14.5 Å². The van der Waals surface area contributed by atoms with Crippen LogP contribution < -0.4 is 14.8 Å². The molecule has 1 saturated heterocycles. The molecule has 0 bridgehead atoms. The van der Waals surface area contributed by atoms with E-state index in [1.54, 1.807) is 33.6 Å². The van der Waals surface area contributed by atoms with E-state index in [0.717, 1.165) is 45.0 Å². The number of nitrogens with zero attached hydrogens (tertiary/aromatic N) is 7. The van der Waals surface area contributed by atoms with E-state index in [9.17, 15) is 22.0 Å². The number of methoxy groups -OCH3 is 1. The van der Waals surface area contributed by atoms with E-state index in [1.807, 2.05) is 0 Å². The lowest BCUT2D eigenvalue weighted by atomic mass is 10.1. The maximum Gasteiger partial charge on any atom is 0.270 e. The number of morpholine rings is 1. The summed E-state index contributed by atoms with van der Waals surface area (Å²) in [5.74, 6) is -2.63. The van der Waals surface area contributed by atoms with Crippen LogP contribution in [-0.2, 0) is 27.8 Å². The molecule has 240 valence electrons. The van der Waals surface area contributed by atoms with Crippen LogP contribution in [0.1, 0.15) is 16.2 Å². The van der Waals surface area contributed by atoms with E-state index in [4.69, 9.17) is 9.47 Å². The normalized spacial score (nSPS) is 14.0. The van der Waals surface area contributed by atoms with E-state index >= 15 is 0 Å². The first kappa shape index (κ1) is 31.0. The number of benzene rings is 1. The molecule has 1 aliphatic rings. The van der Waals surface area contributed by atoms with Gasteiger partial charge in [0.2, 0.25) is 5.88 Å². The van der Waals surface area contributed by atoms with Gasteiger partial charge in [-0.15, -0.1) is 5.10 Å². The molecule has 0 atom stereocenters. The van der Waals surface area contributed by atoms with E-state index in [1.165, 1.54) is 25.6 Å². The number of carbonyl (C=O) groups excluding carboxylic acids is 1. The molecule has 6 rings (SSSR count). The molecule has 1 fully saturated rings. The quantitative estimate of drug-likeness (QED) is 0.217. The van der Waals surface area contributed by atoms with Gasteiger partial charge in [0.05, 0.1) is 45.8 Å². The minimum atomic E-state index is -4.47. The predicted octanol–water partition coefficient (Wildman–Crippen LogP) is 2.34. The highest BCUT2D eigenvalue weighted by molar-refractivity contribution is 7.92. The van der Waals surface area contributed by atoms with Crippen LogP contribution >= 0.6 is 0 Å². The molecule has 46 heavy (non-hydrogen) atoms. The molecular formula is C29H29F2N9O5S. The molecule has 0 unspecified atom stereocenters. The molecular weight excluding hydrogens is 624 g/mol. The lowest BCUT2D eigenvalue weighted by molar-refractivity contribution is 0.0359. The summed E-state index contributed by atoms with van der Waals surface area (Å²) in [6.07, 6.45) is 6.34. The molecule has 1 aromatic carbocycles. The van der Waals surface area contributed by atoms with Gasteiger partial charge in [0.25, 0.3) is 15.9 Å². The van der Waals surface area contributed by atoms with E-state index in [2.05, 4.69) is 35.2 Å². The molecule has 2 N–H and O–H groups in total. The minimum Gasteiger partial charge on any atom is -0.480 e. The predicted molar refractivity (Wildman–Crippen MR) is 161 cm³/mol. The molecule has 1 aliphatic heterocycles. The Balaban J connectivity index is 1.17. The third-order valence-corrected chi connectivity index (χ3v) is 8.71. The van der Waals surface area contributed by atoms with Crippen molar-refractivity contribution in [3.05, 3.63) is 84.2 Å². The SMILES string of the molecule is COc1ncc(-c2ccc3ncc(C(=O)NCc4cn(CCN5CCOCC5)nn4)n3c2)cc1NS(=O)(=O)c1ccc(F)cc1F. The van der Waals surface area contributed by atoms with Gasteiger partial charge in [-0.3, -0.25) is 23.5 Å². The molecule has 5 aromatic rings. The Labute approximate surface area is 262 Å². The highest BCUT2D eigenvalue weighted by atomic mass is 32.2. The zero-order chi connectivity index (χ0) is 32.3. The summed E-state index contributed by atoms with van der Waals surface area (Å²) in [5.41, 5.74) is 2.29. The number of nitrogens with one attached hydrogen (secondary N) is 2. The third kappa shape index (κ3) is 6.80. The maximum absolute atomic E-state index is 14.3. The standard InChI is InChI=1S/C29H29F2N9O5S/c1-44-29-24(36-46(42,43)26-4-3-21(30)13-23(26)31)12-20(14-34-29)19-2-5-27-32-16-25(40(27)17-19)28(41)33-15-22-18-39(37-35-22)7-6-38-8-10-45-11-9-38/h2-5,12-14,16-18,36H,6-11,15H2,1H3,(H,33,41). The lowest BCUT2D eigenvalue weighted by Gasteiger charge is -2.26. The van der Waals surface area contributed by atoms with Crippen LogP contribution in [0.25, 0.3) is 16.8 Å². The highest BCUT2D eigenvalue weighted by Gasteiger charge is 2.23. The molecule has 4 aromatic heterocycles. The molecule has 0 saturated carbocycles. The first-order valence-corrected chi connectivity index (χ1v) is 15.7. The zero-order valence-electron chi connectivity index (χ0n) is 24.6. The van der Waals surface area contributed by atoms with Gasteiger partial charge in [0.15, 0.2) is 0 Å². The topological polar surface area (TPSA) is 158 Å². The first-order chi connectivity index (χ1) is 22.2. The number of hydrogen-bond acceptors (Lipinski definition) is 10. The maximum atomic E-state index is 14.3. The highest BCUT2D eigenvalue weighted by Crippen LogP contribution is 2.31. The van der Waals surface area contributed by atoms with E-state index < -0.39 is 32.5 Å². The Morgan fingerprint density at radius 2 is 1.85 bits per heavy atom. The molecule has 0 spiro atoms. The number of aromatic nitrogens is 6. The van der Waals surface area contributed by atoms with Crippen LogP contribution in [0, 0.1) is 11.6 Å². The van der Waals surface area contributed by atoms with Crippen LogP contribution in [-0.4, -0.2) is 88.5 Å². The summed E-state index contributed by atoms with van der Waals surface area (Å²) in [4.78, 5) is 23.2. The Kier molecular flexibility index (Phi) is 8.87. The van der Waals surface area contributed by atoms with Crippen molar-refractivity contribution in [1.29, 1.82) is 0 Å². The van der Waals surface area contributed by atoms with Gasteiger partial charge in [-0.05, 0) is 30.3 Å². The molecule has 1 amide bonds. The second kappa shape index (κ2) is 13.2.